The lowest BCUT2D eigenvalue weighted by atomic mass is 10.2. The second-order valence-corrected chi connectivity index (χ2v) is 15.6. The number of thioether (sulfide) groups is 1. The molecular weight excluding hydrogens is 565 g/mol. The predicted octanol–water partition coefficient (Wildman–Crippen LogP) is 6.93. The molecule has 1 unspecified atom stereocenters. The summed E-state index contributed by atoms with van der Waals surface area (Å²) in [5.74, 6) is -0.308. The molecular formula is C31H37F3N2O3SSi. The van der Waals surface area contributed by atoms with E-state index in [4.69, 9.17) is 9.16 Å². The van der Waals surface area contributed by atoms with E-state index in [0.29, 0.717) is 6.42 Å². The Balaban J connectivity index is 1.91. The monoisotopic (exact) mass is 602 g/mol. The van der Waals surface area contributed by atoms with Crippen LogP contribution in [0, 0.1) is 0 Å². The van der Waals surface area contributed by atoms with Gasteiger partial charge in [-0.3, -0.25) is 4.79 Å². The summed E-state index contributed by atoms with van der Waals surface area (Å²) in [4.78, 5) is 17.5. The molecule has 0 saturated heterocycles. The van der Waals surface area contributed by atoms with Gasteiger partial charge in [0.2, 0.25) is 5.91 Å². The topological polar surface area (TPSA) is 59.9 Å². The van der Waals surface area contributed by atoms with Crippen LogP contribution < -0.4 is 20.4 Å². The molecule has 0 radical (unpaired) electrons. The van der Waals surface area contributed by atoms with Gasteiger partial charge >= 0.3 is 6.18 Å². The Kier molecular flexibility index (Phi) is 10.9. The molecule has 41 heavy (non-hydrogen) atoms. The van der Waals surface area contributed by atoms with Crippen LogP contribution in [0.3, 0.4) is 0 Å². The molecule has 220 valence electrons. The summed E-state index contributed by atoms with van der Waals surface area (Å²) in [6.45, 7) is 8.50. The molecule has 0 aromatic heterocycles. The first-order valence-electron chi connectivity index (χ1n) is 13.3. The summed E-state index contributed by atoms with van der Waals surface area (Å²) < 4.78 is 52.2. The zero-order chi connectivity index (χ0) is 30.3. The van der Waals surface area contributed by atoms with Crippen LogP contribution in [0.2, 0.25) is 5.04 Å². The van der Waals surface area contributed by atoms with Crippen molar-refractivity contribution >= 4 is 47.2 Å². The molecule has 0 aliphatic heterocycles. The zero-order valence-corrected chi connectivity index (χ0v) is 26.0. The summed E-state index contributed by atoms with van der Waals surface area (Å²) in [5, 5.41) is 4.92. The maximum atomic E-state index is 13.4. The number of amides is 1. The van der Waals surface area contributed by atoms with Crippen LogP contribution in [0.5, 0.6) is 5.75 Å². The van der Waals surface area contributed by atoms with Crippen molar-refractivity contribution in [1.82, 2.24) is 5.32 Å². The van der Waals surface area contributed by atoms with E-state index in [2.05, 4.69) is 55.3 Å². The van der Waals surface area contributed by atoms with Crippen molar-refractivity contribution in [2.24, 2.45) is 4.99 Å². The number of hydrogen-bond acceptors (Lipinski definition) is 5. The molecule has 0 fully saturated rings. The minimum absolute atomic E-state index is 0.0232. The maximum Gasteiger partial charge on any atom is 0.416 e. The fourth-order valence-corrected chi connectivity index (χ4v) is 9.94. The number of amidine groups is 1. The van der Waals surface area contributed by atoms with Crippen molar-refractivity contribution in [3.8, 4) is 5.75 Å². The number of ether oxygens (including phenoxy) is 1. The largest absolute Gasteiger partial charge is 0.497 e. The lowest BCUT2D eigenvalue weighted by molar-refractivity contribution is -0.137. The van der Waals surface area contributed by atoms with Crippen molar-refractivity contribution in [2.75, 3.05) is 13.4 Å². The first kappa shape index (κ1) is 32.4. The van der Waals surface area contributed by atoms with Crippen LogP contribution in [0.15, 0.2) is 83.9 Å². The molecule has 10 heteroatoms. The fraction of sp³-hybridized carbons (Fsp3) is 0.355. The Labute approximate surface area is 245 Å². The van der Waals surface area contributed by atoms with E-state index >= 15 is 0 Å². The summed E-state index contributed by atoms with van der Waals surface area (Å²) in [6, 6.07) is 23.6. The van der Waals surface area contributed by atoms with Crippen LogP contribution in [-0.4, -0.2) is 38.9 Å². The molecule has 0 saturated carbocycles. The highest BCUT2D eigenvalue weighted by Crippen LogP contribution is 2.38. The number of hydrogen-bond donors (Lipinski definition) is 1. The SMILES string of the molecule is CCC(CC(=O)N/C(=N/c1cc(OC)cc(C(F)(F)F)c1)SC)O[Si](c1ccccc1)(c1ccccc1)C(C)(C)C. The molecule has 3 aromatic rings. The van der Waals surface area contributed by atoms with Crippen LogP contribution in [0.25, 0.3) is 0 Å². The first-order chi connectivity index (χ1) is 19.3. The fourth-order valence-electron chi connectivity index (χ4n) is 4.76. The third kappa shape index (κ3) is 8.02. The van der Waals surface area contributed by atoms with Gasteiger partial charge in [0.25, 0.3) is 8.32 Å². The summed E-state index contributed by atoms with van der Waals surface area (Å²) in [5.41, 5.74) is -0.857. The highest BCUT2D eigenvalue weighted by atomic mass is 32.2. The Bertz CT molecular complexity index is 1290. The average molecular weight is 603 g/mol. The van der Waals surface area contributed by atoms with Crippen LogP contribution in [-0.2, 0) is 15.4 Å². The molecule has 0 bridgehead atoms. The molecule has 0 aliphatic rings. The van der Waals surface area contributed by atoms with Crippen molar-refractivity contribution in [1.29, 1.82) is 0 Å². The Morgan fingerprint density at radius 2 is 1.54 bits per heavy atom. The van der Waals surface area contributed by atoms with Gasteiger partial charge in [-0.15, -0.1) is 0 Å². The number of nitrogens with zero attached hydrogens (tertiary/aromatic N) is 1. The third-order valence-corrected chi connectivity index (χ3v) is 12.4. The Morgan fingerprint density at radius 1 is 0.976 bits per heavy atom. The van der Waals surface area contributed by atoms with Crippen molar-refractivity contribution in [2.45, 2.75) is 57.9 Å². The quantitative estimate of drug-likeness (QED) is 0.164. The third-order valence-electron chi connectivity index (χ3n) is 6.75. The molecule has 1 amide bonds. The van der Waals surface area contributed by atoms with Crippen molar-refractivity contribution in [3.05, 3.63) is 84.4 Å². The minimum atomic E-state index is -4.56. The van der Waals surface area contributed by atoms with E-state index in [1.807, 2.05) is 43.3 Å². The molecule has 3 rings (SSSR count). The van der Waals surface area contributed by atoms with Crippen molar-refractivity contribution in [3.63, 3.8) is 0 Å². The number of aliphatic imine (C=N–C) groups is 1. The van der Waals surface area contributed by atoms with E-state index in [1.165, 1.54) is 13.2 Å². The second kappa shape index (κ2) is 13.7. The van der Waals surface area contributed by atoms with Gasteiger partial charge < -0.3 is 14.5 Å². The zero-order valence-electron chi connectivity index (χ0n) is 24.2. The Morgan fingerprint density at radius 3 is 1.98 bits per heavy atom. The van der Waals surface area contributed by atoms with E-state index in [9.17, 15) is 18.0 Å². The molecule has 0 heterocycles. The van der Waals surface area contributed by atoms with Crippen molar-refractivity contribution < 1.29 is 27.1 Å². The number of carbonyl (C=O) groups is 1. The van der Waals surface area contributed by atoms with Gasteiger partial charge in [0.05, 0.1) is 30.9 Å². The predicted molar refractivity (Wildman–Crippen MR) is 164 cm³/mol. The van der Waals surface area contributed by atoms with Gasteiger partial charge in [0, 0.05) is 6.07 Å². The van der Waals surface area contributed by atoms with E-state index in [-0.39, 0.29) is 34.0 Å². The van der Waals surface area contributed by atoms with Crippen LogP contribution >= 0.6 is 11.8 Å². The number of alkyl halides is 3. The van der Waals surface area contributed by atoms with Gasteiger partial charge in [-0.25, -0.2) is 4.99 Å². The van der Waals surface area contributed by atoms with Gasteiger partial charge in [0.15, 0.2) is 5.17 Å². The number of halogens is 3. The molecule has 1 N–H and O–H groups in total. The number of methoxy groups -OCH3 is 1. The molecule has 0 spiro atoms. The highest BCUT2D eigenvalue weighted by molar-refractivity contribution is 8.13. The lowest BCUT2D eigenvalue weighted by Gasteiger charge is -2.45. The number of benzene rings is 3. The van der Waals surface area contributed by atoms with Gasteiger partial charge in [0.1, 0.15) is 5.75 Å². The average Bonchev–Trinajstić information content (AvgIpc) is 2.94. The molecule has 1 atom stereocenters. The molecule has 0 aliphatic carbocycles. The number of carbonyl (C=O) groups excluding carboxylic acids is 1. The van der Waals surface area contributed by atoms with Gasteiger partial charge in [-0.05, 0) is 40.2 Å². The highest BCUT2D eigenvalue weighted by Gasteiger charge is 2.51. The summed E-state index contributed by atoms with van der Waals surface area (Å²) in [6.07, 6.45) is -2.62. The smallest absolute Gasteiger partial charge is 0.416 e. The second-order valence-electron chi connectivity index (χ2n) is 10.6. The van der Waals surface area contributed by atoms with Crippen LogP contribution in [0.1, 0.15) is 46.1 Å². The van der Waals surface area contributed by atoms with Gasteiger partial charge in [-0.1, -0.05) is 100 Å². The minimum Gasteiger partial charge on any atom is -0.497 e. The molecule has 3 aromatic carbocycles. The normalized spacial score (nSPS) is 13.5. The number of nitrogens with one attached hydrogen (secondary N) is 1. The summed E-state index contributed by atoms with van der Waals surface area (Å²) >= 11 is 1.13. The Hall–Kier alpha value is -3.08. The molecule has 5 nitrogen and oxygen atoms in total. The number of rotatable bonds is 9. The standard InChI is InChI=1S/C31H37F3N2O3SSi/c1-7-24(39-41(30(2,3)4,26-14-10-8-11-15-26)27-16-12-9-13-17-27)21-28(37)36-29(40-6)35-23-18-22(31(32,33)34)19-25(20-23)38-5/h8-20,24H,7,21H2,1-6H3,(H,35,36,37). The van der Waals surface area contributed by atoms with E-state index in [0.717, 1.165) is 34.3 Å². The van der Waals surface area contributed by atoms with E-state index in [1.54, 1.807) is 6.26 Å². The lowest BCUT2D eigenvalue weighted by Crippen LogP contribution is -2.67. The maximum absolute atomic E-state index is 13.4. The van der Waals surface area contributed by atoms with E-state index < -0.39 is 26.2 Å². The van der Waals surface area contributed by atoms with Gasteiger partial charge in [-0.2, -0.15) is 13.2 Å². The van der Waals surface area contributed by atoms with Crippen LogP contribution in [0.4, 0.5) is 18.9 Å². The first-order valence-corrected chi connectivity index (χ1v) is 16.4. The summed E-state index contributed by atoms with van der Waals surface area (Å²) in [7, 11) is -1.59.